The molecule has 1 aromatic carbocycles. The highest BCUT2D eigenvalue weighted by Crippen LogP contribution is 2.17. The molecule has 1 amide bonds. The smallest absolute Gasteiger partial charge is 0.232 e. The summed E-state index contributed by atoms with van der Waals surface area (Å²) in [7, 11) is -1.86. The number of nitrogens with two attached hydrogens (primary N) is 1. The molecule has 0 fully saturated rings. The van der Waals surface area contributed by atoms with Crippen molar-refractivity contribution in [1.82, 2.24) is 0 Å². The Hall–Kier alpha value is -1.64. The van der Waals surface area contributed by atoms with Gasteiger partial charge >= 0.3 is 0 Å². The fourth-order valence-corrected chi connectivity index (χ4v) is 2.97. The molecule has 0 heterocycles. The Morgan fingerprint density at radius 3 is 2.64 bits per heavy atom. The van der Waals surface area contributed by atoms with Crippen LogP contribution in [0, 0.1) is 0 Å². The number of nitrogens with one attached hydrogen (secondary N) is 2. The first-order valence-corrected chi connectivity index (χ1v) is 8.68. The van der Waals surface area contributed by atoms with E-state index in [2.05, 4.69) is 10.0 Å². The molecule has 7 nitrogen and oxygen atoms in total. The maximum Gasteiger partial charge on any atom is 0.232 e. The first-order valence-electron chi connectivity index (χ1n) is 7.03. The van der Waals surface area contributed by atoms with Crippen molar-refractivity contribution in [2.45, 2.75) is 25.9 Å². The van der Waals surface area contributed by atoms with E-state index in [0.29, 0.717) is 17.8 Å². The molecule has 0 radical (unpaired) electrons. The second-order valence-electron chi connectivity index (χ2n) is 4.85. The number of anilines is 2. The van der Waals surface area contributed by atoms with Gasteiger partial charge in [-0.2, -0.15) is 0 Å². The van der Waals surface area contributed by atoms with Crippen LogP contribution in [-0.2, 0) is 19.6 Å². The molecule has 1 aromatic rings. The van der Waals surface area contributed by atoms with Crippen LogP contribution >= 0.6 is 0 Å². The number of hydrogen-bond acceptors (Lipinski definition) is 5. The van der Waals surface area contributed by atoms with Crippen LogP contribution in [0.15, 0.2) is 24.3 Å². The number of amides is 1. The van der Waals surface area contributed by atoms with Crippen LogP contribution in [0.5, 0.6) is 0 Å². The fraction of sp³-hybridized carbons (Fsp3) is 0.500. The molecule has 0 saturated heterocycles. The highest BCUT2D eigenvalue weighted by atomic mass is 32.2. The van der Waals surface area contributed by atoms with Crippen LogP contribution < -0.4 is 15.8 Å². The Kier molecular flexibility index (Phi) is 7.30. The van der Waals surface area contributed by atoms with Crippen molar-refractivity contribution in [2.75, 3.05) is 29.4 Å². The van der Waals surface area contributed by atoms with Crippen LogP contribution in [0.25, 0.3) is 0 Å². The van der Waals surface area contributed by atoms with Gasteiger partial charge in [-0.25, -0.2) is 8.42 Å². The molecule has 8 heteroatoms. The number of rotatable bonds is 9. The third-order valence-electron chi connectivity index (χ3n) is 2.90. The molecule has 22 heavy (non-hydrogen) atoms. The van der Waals surface area contributed by atoms with Gasteiger partial charge in [0.1, 0.15) is 0 Å². The lowest BCUT2D eigenvalue weighted by Gasteiger charge is -2.13. The van der Waals surface area contributed by atoms with Crippen molar-refractivity contribution in [1.29, 1.82) is 0 Å². The van der Waals surface area contributed by atoms with Gasteiger partial charge in [-0.3, -0.25) is 9.52 Å². The lowest BCUT2D eigenvalue weighted by Crippen LogP contribution is -2.28. The number of carbonyl (C=O) groups is 1. The minimum atomic E-state index is -3.36. The fourth-order valence-electron chi connectivity index (χ4n) is 1.84. The molecule has 1 rings (SSSR count). The van der Waals surface area contributed by atoms with E-state index in [-0.39, 0.29) is 30.7 Å². The van der Waals surface area contributed by atoms with Crippen molar-refractivity contribution >= 4 is 27.3 Å². The zero-order valence-electron chi connectivity index (χ0n) is 12.8. The third-order valence-corrected chi connectivity index (χ3v) is 4.39. The van der Waals surface area contributed by atoms with Crippen molar-refractivity contribution < 1.29 is 17.9 Å². The van der Waals surface area contributed by atoms with Gasteiger partial charge in [-0.1, -0.05) is 13.0 Å². The third kappa shape index (κ3) is 6.42. The van der Waals surface area contributed by atoms with E-state index in [1.165, 1.54) is 7.11 Å². The maximum absolute atomic E-state index is 11.9. The van der Waals surface area contributed by atoms with Gasteiger partial charge < -0.3 is 15.8 Å². The molecular weight excluding hydrogens is 306 g/mol. The number of ether oxygens (including phenoxy) is 1. The van der Waals surface area contributed by atoms with E-state index >= 15 is 0 Å². The minimum absolute atomic E-state index is 0.0512. The first kappa shape index (κ1) is 18.4. The van der Waals surface area contributed by atoms with E-state index in [0.717, 1.165) is 0 Å². The molecule has 1 atom stereocenters. The average molecular weight is 329 g/mol. The molecule has 0 bridgehead atoms. The summed E-state index contributed by atoms with van der Waals surface area (Å²) in [5, 5.41) is 2.69. The van der Waals surface area contributed by atoms with E-state index in [1.807, 2.05) is 0 Å². The standard InChI is InChI=1S/C14H23N3O4S/c1-3-7-22(19,20)17-12-6-4-5-11(8-12)16-14(18)9-13(10-15)21-2/h4-6,8,13,17H,3,7,9-10,15H2,1-2H3,(H,16,18). The molecule has 124 valence electrons. The summed E-state index contributed by atoms with van der Waals surface area (Å²) < 4.78 is 31.0. The summed E-state index contributed by atoms with van der Waals surface area (Å²) in [5.74, 6) is -0.193. The second-order valence-corrected chi connectivity index (χ2v) is 6.69. The van der Waals surface area contributed by atoms with E-state index in [9.17, 15) is 13.2 Å². The van der Waals surface area contributed by atoms with E-state index < -0.39 is 10.0 Å². The monoisotopic (exact) mass is 329 g/mol. The summed E-state index contributed by atoms with van der Waals surface area (Å²) in [6, 6.07) is 6.53. The second kappa shape index (κ2) is 8.72. The van der Waals surface area contributed by atoms with Crippen molar-refractivity contribution in [3.05, 3.63) is 24.3 Å². The summed E-state index contributed by atoms with van der Waals surface area (Å²) >= 11 is 0. The number of benzene rings is 1. The van der Waals surface area contributed by atoms with E-state index in [4.69, 9.17) is 10.5 Å². The molecule has 0 aromatic heterocycles. The molecule has 0 spiro atoms. The van der Waals surface area contributed by atoms with Crippen molar-refractivity contribution in [3.8, 4) is 0 Å². The van der Waals surface area contributed by atoms with Gasteiger partial charge in [0.25, 0.3) is 0 Å². The predicted octanol–water partition coefficient (Wildman–Crippen LogP) is 1.14. The summed E-state index contributed by atoms with van der Waals surface area (Å²) in [5.41, 5.74) is 6.38. The van der Waals surface area contributed by atoms with Crippen molar-refractivity contribution in [3.63, 3.8) is 0 Å². The van der Waals surface area contributed by atoms with Gasteiger partial charge in [-0.15, -0.1) is 0 Å². The zero-order valence-corrected chi connectivity index (χ0v) is 13.7. The number of hydrogen-bond donors (Lipinski definition) is 3. The molecule has 1 unspecified atom stereocenters. The molecule has 0 aliphatic carbocycles. The SMILES string of the molecule is CCCS(=O)(=O)Nc1cccc(NC(=O)CC(CN)OC)c1. The lowest BCUT2D eigenvalue weighted by atomic mass is 10.2. The highest BCUT2D eigenvalue weighted by Gasteiger charge is 2.12. The lowest BCUT2D eigenvalue weighted by molar-refractivity contribution is -0.118. The predicted molar refractivity (Wildman–Crippen MR) is 87.2 cm³/mol. The quantitative estimate of drug-likeness (QED) is 0.629. The van der Waals surface area contributed by atoms with Gasteiger partial charge in [0, 0.05) is 19.3 Å². The molecule has 0 aliphatic heterocycles. The Morgan fingerprint density at radius 1 is 1.36 bits per heavy atom. The minimum Gasteiger partial charge on any atom is -0.380 e. The van der Waals surface area contributed by atoms with E-state index in [1.54, 1.807) is 31.2 Å². The zero-order chi connectivity index (χ0) is 16.6. The van der Waals surface area contributed by atoms with Gasteiger partial charge in [0.05, 0.1) is 24.0 Å². The molecule has 0 aliphatic rings. The Bertz CT molecular complexity index is 586. The van der Waals surface area contributed by atoms with Crippen LogP contribution in [0.4, 0.5) is 11.4 Å². The van der Waals surface area contributed by atoms with Gasteiger partial charge in [0.2, 0.25) is 15.9 Å². The van der Waals surface area contributed by atoms with Crippen LogP contribution in [0.3, 0.4) is 0 Å². The van der Waals surface area contributed by atoms with Gasteiger partial charge in [-0.05, 0) is 24.6 Å². The Morgan fingerprint density at radius 2 is 2.05 bits per heavy atom. The topological polar surface area (TPSA) is 111 Å². The van der Waals surface area contributed by atoms with Crippen LogP contribution in [0.2, 0.25) is 0 Å². The van der Waals surface area contributed by atoms with Crippen molar-refractivity contribution in [2.24, 2.45) is 5.73 Å². The number of methoxy groups -OCH3 is 1. The summed E-state index contributed by atoms with van der Waals surface area (Å²) in [6.45, 7) is 2.04. The highest BCUT2D eigenvalue weighted by molar-refractivity contribution is 7.92. The largest absolute Gasteiger partial charge is 0.380 e. The molecular formula is C14H23N3O4S. The molecule has 0 saturated carbocycles. The number of carbonyl (C=O) groups excluding carboxylic acids is 1. The summed E-state index contributed by atoms with van der Waals surface area (Å²) in [4.78, 5) is 11.9. The maximum atomic E-state index is 11.9. The normalized spacial score (nSPS) is 12.7. The Labute approximate surface area is 131 Å². The van der Waals surface area contributed by atoms with Crippen LogP contribution in [-0.4, -0.2) is 39.8 Å². The van der Waals surface area contributed by atoms with Gasteiger partial charge in [0.15, 0.2) is 0 Å². The first-order chi connectivity index (χ1) is 10.4. The number of sulfonamides is 1. The van der Waals surface area contributed by atoms with Crippen LogP contribution in [0.1, 0.15) is 19.8 Å². The Balaban J connectivity index is 2.70. The average Bonchev–Trinajstić information content (AvgIpc) is 2.44. The molecule has 4 N–H and O–H groups in total. The summed E-state index contributed by atoms with van der Waals surface area (Å²) in [6.07, 6.45) is 0.327.